The first-order valence-corrected chi connectivity index (χ1v) is 9.35. The molecule has 2 aromatic carbocycles. The van der Waals surface area contributed by atoms with Crippen molar-refractivity contribution in [3.63, 3.8) is 0 Å². The molecule has 0 saturated heterocycles. The van der Waals surface area contributed by atoms with Gasteiger partial charge in [0.05, 0.1) is 0 Å². The van der Waals surface area contributed by atoms with Gasteiger partial charge in [0, 0.05) is 0 Å². The standard InChI is InChI=1S/C13H9.C8H12.2ClH.Zr/c1-3-7-12-10(5-1)9-11-6-2-4-8-13(11)12;1-7(2)8-5-3-4-6-8;;;/h1-9H;3-5,7H,6H2,1-2H3;2*1H;/q;;;;+2/p-2. The van der Waals surface area contributed by atoms with Gasteiger partial charge < -0.3 is 24.8 Å². The van der Waals surface area contributed by atoms with Crippen molar-refractivity contribution in [3.05, 3.63) is 83.5 Å². The molecular weight excluding hydrogens is 414 g/mol. The van der Waals surface area contributed by atoms with Gasteiger partial charge in [0.2, 0.25) is 0 Å². The second kappa shape index (κ2) is 9.76. The first-order chi connectivity index (χ1) is 10.7. The van der Waals surface area contributed by atoms with Crippen LogP contribution in [0.15, 0.2) is 72.3 Å². The summed E-state index contributed by atoms with van der Waals surface area (Å²) in [7, 11) is 0. The summed E-state index contributed by atoms with van der Waals surface area (Å²) < 4.78 is 0.648. The molecule has 2 aliphatic rings. The van der Waals surface area contributed by atoms with E-state index < -0.39 is 0 Å². The summed E-state index contributed by atoms with van der Waals surface area (Å²) in [6.45, 7) is 4.47. The average molecular weight is 436 g/mol. The van der Waals surface area contributed by atoms with E-state index in [1.807, 2.05) is 0 Å². The minimum atomic E-state index is 0. The molecule has 0 radical (unpaired) electrons. The molecule has 0 amide bonds. The summed E-state index contributed by atoms with van der Waals surface area (Å²) in [4.78, 5) is 0. The molecule has 2 aliphatic carbocycles. The van der Waals surface area contributed by atoms with E-state index >= 15 is 0 Å². The number of hydrogen-bond donors (Lipinski definition) is 0. The zero-order valence-electron chi connectivity index (χ0n) is 14.0. The molecule has 0 atom stereocenters. The van der Waals surface area contributed by atoms with E-state index in [2.05, 4.69) is 80.6 Å². The number of allylic oxidation sites excluding steroid dienone is 4. The van der Waals surface area contributed by atoms with Crippen LogP contribution in [0.25, 0.3) is 11.1 Å². The Balaban J connectivity index is 0.000000252. The Morgan fingerprint density at radius 1 is 0.875 bits per heavy atom. The van der Waals surface area contributed by atoms with Crippen molar-refractivity contribution in [2.75, 3.05) is 0 Å². The fraction of sp³-hybridized carbons (Fsp3) is 0.238. The van der Waals surface area contributed by atoms with Crippen LogP contribution in [0.1, 0.15) is 35.0 Å². The maximum absolute atomic E-state index is 2.26. The summed E-state index contributed by atoms with van der Waals surface area (Å²) in [5.74, 6) is 0.741. The Hall–Kier alpha value is -0.617. The number of benzene rings is 2. The molecule has 0 bridgehead atoms. The minimum absolute atomic E-state index is 0. The van der Waals surface area contributed by atoms with E-state index in [-0.39, 0.29) is 24.8 Å². The van der Waals surface area contributed by atoms with E-state index in [0.717, 1.165) is 5.92 Å². The van der Waals surface area contributed by atoms with E-state index in [9.17, 15) is 0 Å². The third-order valence-electron chi connectivity index (χ3n) is 4.38. The Bertz CT molecular complexity index is 687. The van der Waals surface area contributed by atoms with Crippen molar-refractivity contribution >= 4 is 0 Å². The Kier molecular flexibility index (Phi) is 8.71. The zero-order valence-corrected chi connectivity index (χ0v) is 17.9. The first-order valence-electron chi connectivity index (χ1n) is 7.93. The van der Waals surface area contributed by atoms with Gasteiger partial charge in [0.1, 0.15) is 0 Å². The normalized spacial score (nSPS) is 14.0. The molecule has 24 heavy (non-hydrogen) atoms. The van der Waals surface area contributed by atoms with Crippen molar-refractivity contribution in [1.82, 2.24) is 0 Å². The van der Waals surface area contributed by atoms with Crippen LogP contribution >= 0.6 is 0 Å². The summed E-state index contributed by atoms with van der Waals surface area (Å²) in [5, 5.41) is 0. The van der Waals surface area contributed by atoms with Crippen LogP contribution in [-0.4, -0.2) is 0 Å². The van der Waals surface area contributed by atoms with Crippen molar-refractivity contribution in [2.24, 2.45) is 5.92 Å². The predicted molar refractivity (Wildman–Crippen MR) is 90.4 cm³/mol. The summed E-state index contributed by atoms with van der Waals surface area (Å²) in [6.07, 6.45) is 7.73. The number of hydrogen-bond acceptors (Lipinski definition) is 0. The van der Waals surface area contributed by atoms with E-state index in [4.69, 9.17) is 0 Å². The third kappa shape index (κ3) is 4.51. The molecule has 3 heteroatoms. The van der Waals surface area contributed by atoms with Gasteiger partial charge >= 0.3 is 99.1 Å². The van der Waals surface area contributed by atoms with Gasteiger partial charge in [-0.3, -0.25) is 0 Å². The van der Waals surface area contributed by atoms with Crippen LogP contribution in [0.2, 0.25) is 0 Å². The Labute approximate surface area is 173 Å². The summed E-state index contributed by atoms with van der Waals surface area (Å²) in [6, 6.07) is 17.5. The van der Waals surface area contributed by atoms with Gasteiger partial charge in [-0.05, 0) is 12.3 Å². The molecule has 0 N–H and O–H groups in total. The van der Waals surface area contributed by atoms with Crippen LogP contribution < -0.4 is 24.8 Å². The summed E-state index contributed by atoms with van der Waals surface area (Å²) >= 11 is 1.58. The molecule has 0 nitrogen and oxygen atoms in total. The SMILES string of the molecule is CC(C)C1=CC=CC1.[Cl-].[Cl-].[Zr+2][CH]1c2ccccc2-c2ccccc21. The molecule has 123 valence electrons. The molecule has 0 unspecified atom stereocenters. The fourth-order valence-corrected chi connectivity index (χ4v) is 4.29. The first kappa shape index (κ1) is 21.4. The molecule has 0 fully saturated rings. The predicted octanol–water partition coefficient (Wildman–Crippen LogP) is -0.160. The third-order valence-corrected chi connectivity index (χ3v) is 5.90. The molecule has 0 heterocycles. The average Bonchev–Trinajstić information content (AvgIpc) is 3.17. The van der Waals surface area contributed by atoms with E-state index in [1.54, 1.807) is 30.3 Å². The number of rotatable bonds is 1. The van der Waals surface area contributed by atoms with Crippen LogP contribution in [0, 0.1) is 5.92 Å². The topological polar surface area (TPSA) is 0 Å². The van der Waals surface area contributed by atoms with Gasteiger partial charge in [-0.25, -0.2) is 0 Å². The monoisotopic (exact) mass is 433 g/mol. The fourth-order valence-electron chi connectivity index (χ4n) is 3.05. The van der Waals surface area contributed by atoms with Gasteiger partial charge in [-0.2, -0.15) is 0 Å². The molecule has 0 spiro atoms. The second-order valence-corrected chi connectivity index (χ2v) is 7.56. The van der Waals surface area contributed by atoms with E-state index in [1.165, 1.54) is 28.7 Å². The quantitative estimate of drug-likeness (QED) is 0.584. The van der Waals surface area contributed by atoms with Crippen molar-refractivity contribution in [3.8, 4) is 11.1 Å². The van der Waals surface area contributed by atoms with Crippen LogP contribution in [0.4, 0.5) is 0 Å². The van der Waals surface area contributed by atoms with Crippen LogP contribution in [-0.2, 0) is 24.7 Å². The van der Waals surface area contributed by atoms with Crippen LogP contribution in [0.3, 0.4) is 0 Å². The second-order valence-electron chi connectivity index (χ2n) is 6.14. The molecule has 2 aromatic rings. The molecule has 0 aromatic heterocycles. The van der Waals surface area contributed by atoms with Gasteiger partial charge in [-0.15, -0.1) is 0 Å². The molecule has 0 saturated carbocycles. The van der Waals surface area contributed by atoms with Gasteiger partial charge in [-0.1, -0.05) is 37.6 Å². The molecule has 0 aliphatic heterocycles. The zero-order chi connectivity index (χ0) is 15.5. The number of fused-ring (bicyclic) bond motifs is 3. The van der Waals surface area contributed by atoms with Crippen LogP contribution in [0.5, 0.6) is 0 Å². The van der Waals surface area contributed by atoms with Crippen molar-refractivity contribution < 1.29 is 49.5 Å². The van der Waals surface area contributed by atoms with Gasteiger partial charge in [0.15, 0.2) is 0 Å². The van der Waals surface area contributed by atoms with E-state index in [0.29, 0.717) is 3.63 Å². The Morgan fingerprint density at radius 2 is 1.38 bits per heavy atom. The van der Waals surface area contributed by atoms with Crippen molar-refractivity contribution in [2.45, 2.75) is 23.9 Å². The number of halogens is 2. The van der Waals surface area contributed by atoms with Crippen molar-refractivity contribution in [1.29, 1.82) is 0 Å². The Morgan fingerprint density at radius 3 is 1.75 bits per heavy atom. The summed E-state index contributed by atoms with van der Waals surface area (Å²) in [5.41, 5.74) is 7.44. The molecule has 4 rings (SSSR count). The maximum atomic E-state index is 2.26. The molecular formula is C21H21Cl2Zr. The van der Waals surface area contributed by atoms with Gasteiger partial charge in [0.25, 0.3) is 0 Å².